The standard InChI is InChI=1S/C12H16Cl2N2O/c1-15-6-5-12(17)16(2)8-9-3-4-10(13)7-11(9)14/h3-4,7,15H,5-6,8H2,1-2H3. The SMILES string of the molecule is CNCCC(=O)N(C)Cc1ccc(Cl)cc1Cl. The Labute approximate surface area is 112 Å². The van der Waals surface area contributed by atoms with Gasteiger partial charge in [0.15, 0.2) is 0 Å². The average Bonchev–Trinajstić information content (AvgIpc) is 2.29. The Morgan fingerprint density at radius 2 is 2.12 bits per heavy atom. The Bertz CT molecular complexity index is 396. The number of benzene rings is 1. The molecule has 1 aromatic rings. The molecule has 1 N–H and O–H groups in total. The minimum Gasteiger partial charge on any atom is -0.341 e. The van der Waals surface area contributed by atoms with Crippen LogP contribution in [0.15, 0.2) is 18.2 Å². The van der Waals surface area contributed by atoms with Crippen molar-refractivity contribution in [2.45, 2.75) is 13.0 Å². The van der Waals surface area contributed by atoms with Gasteiger partial charge in [-0.2, -0.15) is 0 Å². The fourth-order valence-corrected chi connectivity index (χ4v) is 1.88. The molecule has 5 heteroatoms. The number of hydrogen-bond acceptors (Lipinski definition) is 2. The molecule has 17 heavy (non-hydrogen) atoms. The van der Waals surface area contributed by atoms with Crippen molar-refractivity contribution in [3.05, 3.63) is 33.8 Å². The molecule has 1 amide bonds. The number of rotatable bonds is 5. The van der Waals surface area contributed by atoms with E-state index in [1.807, 2.05) is 13.1 Å². The number of amides is 1. The second kappa shape index (κ2) is 6.84. The third kappa shape index (κ3) is 4.54. The lowest BCUT2D eigenvalue weighted by Crippen LogP contribution is -2.28. The fourth-order valence-electron chi connectivity index (χ4n) is 1.42. The highest BCUT2D eigenvalue weighted by molar-refractivity contribution is 6.35. The summed E-state index contributed by atoms with van der Waals surface area (Å²) in [6.07, 6.45) is 0.484. The van der Waals surface area contributed by atoms with Crippen LogP contribution in [0.25, 0.3) is 0 Å². The van der Waals surface area contributed by atoms with Gasteiger partial charge in [-0.1, -0.05) is 29.3 Å². The van der Waals surface area contributed by atoms with Crippen LogP contribution in [0.4, 0.5) is 0 Å². The van der Waals surface area contributed by atoms with Crippen molar-refractivity contribution in [2.75, 3.05) is 20.6 Å². The molecule has 0 aliphatic rings. The van der Waals surface area contributed by atoms with Gasteiger partial charge in [-0.25, -0.2) is 0 Å². The first kappa shape index (κ1) is 14.3. The van der Waals surface area contributed by atoms with E-state index >= 15 is 0 Å². The van der Waals surface area contributed by atoms with Crippen LogP contribution < -0.4 is 5.32 Å². The molecule has 0 unspecified atom stereocenters. The van der Waals surface area contributed by atoms with Gasteiger partial charge in [0.25, 0.3) is 0 Å². The van der Waals surface area contributed by atoms with E-state index in [9.17, 15) is 4.79 Å². The van der Waals surface area contributed by atoms with E-state index in [4.69, 9.17) is 23.2 Å². The first-order valence-electron chi connectivity index (χ1n) is 5.37. The summed E-state index contributed by atoms with van der Waals surface area (Å²) in [4.78, 5) is 13.4. The van der Waals surface area contributed by atoms with Gasteiger partial charge in [0.2, 0.25) is 5.91 Å². The van der Waals surface area contributed by atoms with E-state index in [0.29, 0.717) is 29.6 Å². The topological polar surface area (TPSA) is 32.3 Å². The number of halogens is 2. The Balaban J connectivity index is 2.61. The third-order valence-electron chi connectivity index (χ3n) is 2.44. The van der Waals surface area contributed by atoms with Crippen LogP contribution in [-0.2, 0) is 11.3 Å². The second-order valence-electron chi connectivity index (χ2n) is 3.84. The quantitative estimate of drug-likeness (QED) is 0.895. The van der Waals surface area contributed by atoms with Crippen molar-refractivity contribution in [3.63, 3.8) is 0 Å². The maximum absolute atomic E-state index is 11.7. The zero-order valence-corrected chi connectivity index (χ0v) is 11.5. The summed E-state index contributed by atoms with van der Waals surface area (Å²) >= 11 is 11.9. The minimum atomic E-state index is 0.0883. The molecule has 0 saturated carbocycles. The summed E-state index contributed by atoms with van der Waals surface area (Å²) in [5.41, 5.74) is 0.899. The van der Waals surface area contributed by atoms with Crippen molar-refractivity contribution in [3.8, 4) is 0 Å². The Morgan fingerprint density at radius 1 is 1.41 bits per heavy atom. The number of nitrogens with one attached hydrogen (secondary N) is 1. The molecule has 0 aliphatic carbocycles. The van der Waals surface area contributed by atoms with Crippen molar-refractivity contribution in [1.82, 2.24) is 10.2 Å². The molecule has 0 radical (unpaired) electrons. The fraction of sp³-hybridized carbons (Fsp3) is 0.417. The summed E-state index contributed by atoms with van der Waals surface area (Å²) in [5, 5.41) is 4.13. The lowest BCUT2D eigenvalue weighted by molar-refractivity contribution is -0.130. The van der Waals surface area contributed by atoms with E-state index in [0.717, 1.165) is 5.56 Å². The van der Waals surface area contributed by atoms with Gasteiger partial charge in [-0.15, -0.1) is 0 Å². The van der Waals surface area contributed by atoms with Gasteiger partial charge in [-0.3, -0.25) is 4.79 Å². The van der Waals surface area contributed by atoms with E-state index < -0.39 is 0 Å². The lowest BCUT2D eigenvalue weighted by atomic mass is 10.2. The van der Waals surface area contributed by atoms with E-state index in [1.54, 1.807) is 24.1 Å². The molecule has 0 saturated heterocycles. The number of nitrogens with zero attached hydrogens (tertiary/aromatic N) is 1. The summed E-state index contributed by atoms with van der Waals surface area (Å²) in [5.74, 6) is 0.0883. The molecule has 0 spiro atoms. The molecule has 0 heterocycles. The van der Waals surface area contributed by atoms with Crippen molar-refractivity contribution in [2.24, 2.45) is 0 Å². The zero-order chi connectivity index (χ0) is 12.8. The normalized spacial score (nSPS) is 10.4. The number of hydrogen-bond donors (Lipinski definition) is 1. The van der Waals surface area contributed by atoms with Crippen LogP contribution in [0.2, 0.25) is 10.0 Å². The van der Waals surface area contributed by atoms with Crippen LogP contribution >= 0.6 is 23.2 Å². The van der Waals surface area contributed by atoms with E-state index in [1.165, 1.54) is 0 Å². The third-order valence-corrected chi connectivity index (χ3v) is 3.02. The van der Waals surface area contributed by atoms with Gasteiger partial charge in [0.1, 0.15) is 0 Å². The van der Waals surface area contributed by atoms with Crippen LogP contribution in [0.5, 0.6) is 0 Å². The van der Waals surface area contributed by atoms with Gasteiger partial charge in [0.05, 0.1) is 0 Å². The van der Waals surface area contributed by atoms with E-state index in [2.05, 4.69) is 5.32 Å². The molecule has 0 atom stereocenters. The predicted octanol–water partition coefficient (Wildman–Crippen LogP) is 2.56. The molecule has 0 fully saturated rings. The van der Waals surface area contributed by atoms with Crippen LogP contribution in [-0.4, -0.2) is 31.4 Å². The van der Waals surface area contributed by atoms with Crippen molar-refractivity contribution < 1.29 is 4.79 Å². The molecule has 0 aliphatic heterocycles. The minimum absolute atomic E-state index is 0.0883. The first-order valence-corrected chi connectivity index (χ1v) is 6.12. The maximum Gasteiger partial charge on any atom is 0.223 e. The van der Waals surface area contributed by atoms with Crippen LogP contribution in [0, 0.1) is 0 Å². The van der Waals surface area contributed by atoms with Gasteiger partial charge >= 0.3 is 0 Å². The highest BCUT2D eigenvalue weighted by Crippen LogP contribution is 2.22. The van der Waals surface area contributed by atoms with Crippen molar-refractivity contribution >= 4 is 29.1 Å². The summed E-state index contributed by atoms with van der Waals surface area (Å²) in [7, 11) is 3.59. The zero-order valence-electron chi connectivity index (χ0n) is 9.96. The smallest absolute Gasteiger partial charge is 0.223 e. The molecule has 1 rings (SSSR count). The Hall–Kier alpha value is -0.770. The van der Waals surface area contributed by atoms with Crippen LogP contribution in [0.1, 0.15) is 12.0 Å². The second-order valence-corrected chi connectivity index (χ2v) is 4.68. The number of carbonyl (C=O) groups is 1. The monoisotopic (exact) mass is 274 g/mol. The molecule has 0 aromatic heterocycles. The van der Waals surface area contributed by atoms with Crippen molar-refractivity contribution in [1.29, 1.82) is 0 Å². The van der Waals surface area contributed by atoms with Gasteiger partial charge in [-0.05, 0) is 24.7 Å². The first-order chi connectivity index (χ1) is 8.04. The molecular formula is C12H16Cl2N2O. The van der Waals surface area contributed by atoms with E-state index in [-0.39, 0.29) is 5.91 Å². The average molecular weight is 275 g/mol. The van der Waals surface area contributed by atoms with Gasteiger partial charge < -0.3 is 10.2 Å². The van der Waals surface area contributed by atoms with Gasteiger partial charge in [0, 0.05) is 36.6 Å². The largest absolute Gasteiger partial charge is 0.341 e. The Morgan fingerprint density at radius 3 is 2.71 bits per heavy atom. The number of carbonyl (C=O) groups excluding carboxylic acids is 1. The maximum atomic E-state index is 11.7. The molecule has 0 bridgehead atoms. The highest BCUT2D eigenvalue weighted by Gasteiger charge is 2.10. The molecule has 1 aromatic carbocycles. The molecule has 3 nitrogen and oxygen atoms in total. The molecular weight excluding hydrogens is 259 g/mol. The summed E-state index contributed by atoms with van der Waals surface area (Å²) in [6.45, 7) is 1.18. The summed E-state index contributed by atoms with van der Waals surface area (Å²) in [6, 6.07) is 5.30. The molecule has 94 valence electrons. The summed E-state index contributed by atoms with van der Waals surface area (Å²) < 4.78 is 0. The lowest BCUT2D eigenvalue weighted by Gasteiger charge is -2.18. The highest BCUT2D eigenvalue weighted by atomic mass is 35.5. The van der Waals surface area contributed by atoms with Crippen LogP contribution in [0.3, 0.4) is 0 Å². The Kier molecular flexibility index (Phi) is 5.75. The predicted molar refractivity (Wildman–Crippen MR) is 71.5 cm³/mol.